The van der Waals surface area contributed by atoms with Crippen molar-refractivity contribution in [2.24, 2.45) is 14.1 Å². The zero-order valence-corrected chi connectivity index (χ0v) is 16.6. The van der Waals surface area contributed by atoms with Crippen molar-refractivity contribution in [3.63, 3.8) is 0 Å². The van der Waals surface area contributed by atoms with Crippen LogP contribution < -0.4 is 5.56 Å². The summed E-state index contributed by atoms with van der Waals surface area (Å²) in [5.41, 5.74) is 3.30. The van der Waals surface area contributed by atoms with Crippen LogP contribution in [0.5, 0.6) is 0 Å². The molecule has 1 fully saturated rings. The van der Waals surface area contributed by atoms with E-state index in [1.165, 1.54) is 0 Å². The number of amides is 1. The van der Waals surface area contributed by atoms with E-state index in [0.717, 1.165) is 27.5 Å². The second-order valence-corrected chi connectivity index (χ2v) is 7.88. The third-order valence-corrected chi connectivity index (χ3v) is 5.77. The maximum absolute atomic E-state index is 13.2. The molecule has 1 aliphatic rings. The molecule has 4 rings (SSSR count). The van der Waals surface area contributed by atoms with Gasteiger partial charge in [-0.2, -0.15) is 0 Å². The molecular weight excluding hydrogens is 394 g/mol. The second-order valence-electron chi connectivity index (χ2n) is 6.96. The fourth-order valence-corrected chi connectivity index (χ4v) is 4.15. The summed E-state index contributed by atoms with van der Waals surface area (Å²) in [4.78, 5) is 27.8. The third-order valence-electron chi connectivity index (χ3n) is 5.24. The summed E-state index contributed by atoms with van der Waals surface area (Å²) in [5.74, 6) is -0.0718. The first-order valence-corrected chi connectivity index (χ1v) is 9.39. The Morgan fingerprint density at radius 1 is 1.12 bits per heavy atom. The number of hydrogen-bond donors (Lipinski definition) is 0. The Balaban J connectivity index is 1.78. The Labute approximate surface area is 160 Å². The van der Waals surface area contributed by atoms with Crippen molar-refractivity contribution >= 4 is 32.7 Å². The van der Waals surface area contributed by atoms with Crippen LogP contribution in [0, 0.1) is 6.92 Å². The summed E-state index contributed by atoms with van der Waals surface area (Å²) >= 11 is 3.45. The quantitative estimate of drug-likeness (QED) is 0.644. The number of pyridine rings is 1. The number of aryl methyl sites for hydroxylation is 3. The smallest absolute Gasteiger partial charge is 0.260 e. The number of fused-ring (bicyclic) bond motifs is 1. The molecule has 0 N–H and O–H groups in total. The fourth-order valence-electron chi connectivity index (χ4n) is 3.88. The number of aromatic nitrogens is 2. The lowest BCUT2D eigenvalue weighted by molar-refractivity contribution is 0.0462. The summed E-state index contributed by atoms with van der Waals surface area (Å²) in [6, 6.07) is 8.14. The largest absolute Gasteiger partial charge is 0.349 e. The predicted molar refractivity (Wildman–Crippen MR) is 105 cm³/mol. The van der Waals surface area contributed by atoms with Gasteiger partial charge in [0.05, 0.1) is 22.5 Å². The number of carbonyl (C=O) groups is 1. The van der Waals surface area contributed by atoms with E-state index in [1.807, 2.05) is 53.9 Å². The minimum atomic E-state index is -0.129. The van der Waals surface area contributed by atoms with Crippen molar-refractivity contribution in [2.45, 2.75) is 19.4 Å². The van der Waals surface area contributed by atoms with Crippen LogP contribution in [0.25, 0.3) is 10.9 Å². The first kappa shape index (κ1) is 17.1. The minimum absolute atomic E-state index is 0.0690. The zero-order chi connectivity index (χ0) is 18.6. The lowest BCUT2D eigenvalue weighted by Crippen LogP contribution is -2.45. The molecule has 1 amide bonds. The highest BCUT2D eigenvalue weighted by molar-refractivity contribution is 9.10. The van der Waals surface area contributed by atoms with Gasteiger partial charge in [-0.25, -0.2) is 0 Å². The van der Waals surface area contributed by atoms with Gasteiger partial charge in [0, 0.05) is 37.5 Å². The first-order chi connectivity index (χ1) is 12.4. The number of hydrogen-bond acceptors (Lipinski definition) is 2. The van der Waals surface area contributed by atoms with Gasteiger partial charge < -0.3 is 14.0 Å². The highest BCUT2D eigenvalue weighted by Gasteiger charge is 2.35. The molecule has 26 heavy (non-hydrogen) atoms. The highest BCUT2D eigenvalue weighted by atomic mass is 79.9. The van der Waals surface area contributed by atoms with Crippen molar-refractivity contribution in [1.29, 1.82) is 0 Å². The zero-order valence-electron chi connectivity index (χ0n) is 15.0. The summed E-state index contributed by atoms with van der Waals surface area (Å²) in [7, 11) is 3.61. The van der Waals surface area contributed by atoms with E-state index in [-0.39, 0.29) is 17.5 Å². The van der Waals surface area contributed by atoms with Gasteiger partial charge in [-0.1, -0.05) is 28.1 Å². The summed E-state index contributed by atoms with van der Waals surface area (Å²) in [6.07, 6.45) is 4.54. The van der Waals surface area contributed by atoms with Crippen LogP contribution in [-0.4, -0.2) is 26.5 Å². The Morgan fingerprint density at radius 3 is 2.42 bits per heavy atom. The molecule has 0 aliphatic carbocycles. The SMILES string of the molecule is Cc1cn(C)c(=O)c2c(C(=O)N3CCC3c3ccc(Br)cc3)cn(C)c12. The molecule has 134 valence electrons. The summed E-state index contributed by atoms with van der Waals surface area (Å²) in [6.45, 7) is 2.67. The van der Waals surface area contributed by atoms with Gasteiger partial charge in [0.1, 0.15) is 0 Å². The molecule has 2 aromatic heterocycles. The van der Waals surface area contributed by atoms with Gasteiger partial charge in [0.25, 0.3) is 11.5 Å². The molecule has 1 aromatic carbocycles. The van der Waals surface area contributed by atoms with Crippen LogP contribution in [0.15, 0.2) is 45.9 Å². The molecule has 0 spiro atoms. The lowest BCUT2D eigenvalue weighted by atomic mass is 9.93. The fraction of sp³-hybridized carbons (Fsp3) is 0.300. The molecule has 1 aliphatic heterocycles. The topological polar surface area (TPSA) is 47.2 Å². The van der Waals surface area contributed by atoms with Crippen molar-refractivity contribution in [3.05, 3.63) is 68.2 Å². The maximum Gasteiger partial charge on any atom is 0.260 e. The first-order valence-electron chi connectivity index (χ1n) is 8.60. The molecule has 0 saturated carbocycles. The van der Waals surface area contributed by atoms with E-state index in [9.17, 15) is 9.59 Å². The average molecular weight is 414 g/mol. The number of rotatable bonds is 2. The van der Waals surface area contributed by atoms with Crippen LogP contribution in [-0.2, 0) is 14.1 Å². The minimum Gasteiger partial charge on any atom is -0.349 e. The predicted octanol–water partition coefficient (Wildman–Crippen LogP) is 3.54. The summed E-state index contributed by atoms with van der Waals surface area (Å²) < 4.78 is 4.45. The number of halogens is 1. The molecule has 1 saturated heterocycles. The van der Waals surface area contributed by atoms with Crippen molar-refractivity contribution in [3.8, 4) is 0 Å². The summed E-state index contributed by atoms with van der Waals surface area (Å²) in [5, 5.41) is 0.515. The van der Waals surface area contributed by atoms with Crippen LogP contribution >= 0.6 is 15.9 Å². The van der Waals surface area contributed by atoms with E-state index in [2.05, 4.69) is 15.9 Å². The standard InChI is InChI=1S/C20H20BrN3O2/c1-12-10-23(3)20(26)17-15(11-22(2)18(12)17)19(25)24-9-8-16(24)13-4-6-14(21)7-5-13/h4-7,10-11,16H,8-9H2,1-3H3. The Hall–Kier alpha value is -2.34. The van der Waals surface area contributed by atoms with Crippen LogP contribution in [0.1, 0.15) is 33.9 Å². The average Bonchev–Trinajstić information content (AvgIpc) is 2.92. The monoisotopic (exact) mass is 413 g/mol. The number of nitrogens with zero attached hydrogens (tertiary/aromatic N) is 3. The molecule has 5 nitrogen and oxygen atoms in total. The van der Waals surface area contributed by atoms with Crippen LogP contribution in [0.2, 0.25) is 0 Å². The Bertz CT molecular complexity index is 1080. The van der Waals surface area contributed by atoms with Crippen molar-refractivity contribution in [1.82, 2.24) is 14.0 Å². The van der Waals surface area contributed by atoms with Gasteiger partial charge >= 0.3 is 0 Å². The number of likely N-dealkylation sites (tertiary alicyclic amines) is 1. The molecule has 6 heteroatoms. The van der Waals surface area contributed by atoms with Crippen molar-refractivity contribution in [2.75, 3.05) is 6.54 Å². The Kier molecular flexibility index (Phi) is 4.03. The van der Waals surface area contributed by atoms with E-state index in [0.29, 0.717) is 17.5 Å². The van der Waals surface area contributed by atoms with Crippen LogP contribution in [0.3, 0.4) is 0 Å². The number of carbonyl (C=O) groups excluding carboxylic acids is 1. The highest BCUT2D eigenvalue weighted by Crippen LogP contribution is 2.36. The lowest BCUT2D eigenvalue weighted by Gasteiger charge is -2.41. The molecule has 3 heterocycles. The molecule has 0 radical (unpaired) electrons. The molecule has 3 aromatic rings. The van der Waals surface area contributed by atoms with Gasteiger partial charge in [0.15, 0.2) is 0 Å². The number of benzene rings is 1. The van der Waals surface area contributed by atoms with Gasteiger partial charge in [-0.15, -0.1) is 0 Å². The van der Waals surface area contributed by atoms with Crippen molar-refractivity contribution < 1.29 is 4.79 Å². The molecule has 1 unspecified atom stereocenters. The van der Waals surface area contributed by atoms with Crippen LogP contribution in [0.4, 0.5) is 0 Å². The second kappa shape index (κ2) is 6.13. The maximum atomic E-state index is 13.2. The molecular formula is C20H20BrN3O2. The molecule has 0 bridgehead atoms. The van der Waals surface area contributed by atoms with E-state index < -0.39 is 0 Å². The van der Waals surface area contributed by atoms with E-state index in [1.54, 1.807) is 17.8 Å². The third kappa shape index (κ3) is 2.51. The molecule has 1 atom stereocenters. The normalized spacial score (nSPS) is 16.8. The van der Waals surface area contributed by atoms with E-state index >= 15 is 0 Å². The van der Waals surface area contributed by atoms with E-state index in [4.69, 9.17) is 0 Å². The van der Waals surface area contributed by atoms with Gasteiger partial charge in [0.2, 0.25) is 0 Å². The van der Waals surface area contributed by atoms with Gasteiger partial charge in [-0.3, -0.25) is 9.59 Å². The Morgan fingerprint density at radius 2 is 1.81 bits per heavy atom. The van der Waals surface area contributed by atoms with Gasteiger partial charge in [-0.05, 0) is 36.6 Å².